The van der Waals surface area contributed by atoms with Crippen LogP contribution in [0.1, 0.15) is 11.1 Å². The molecule has 0 atom stereocenters. The van der Waals surface area contributed by atoms with Crippen molar-refractivity contribution >= 4 is 16.7 Å². The van der Waals surface area contributed by atoms with Crippen LogP contribution in [0.5, 0.6) is 0 Å². The van der Waals surface area contributed by atoms with E-state index in [1.54, 1.807) is 18.3 Å². The third kappa shape index (κ3) is 2.79. The Hall–Kier alpha value is -4.05. The highest BCUT2D eigenvalue weighted by Gasteiger charge is 2.18. The minimum atomic E-state index is -0.443. The molecule has 0 aliphatic carbocycles. The average Bonchev–Trinajstić information content (AvgIpc) is 3.07. The standard InChI is InChI=1S/C20H13N5O2/c1-13-5-7-16(8-6-13)24-11-15(10-21)19-20(24)18(22-12-23-19)14-3-2-4-17(9-14)25(26)27/h2-9,11-12H,1H3. The molecule has 0 bridgehead atoms. The molecule has 4 rings (SSSR count). The summed E-state index contributed by atoms with van der Waals surface area (Å²) in [5.41, 5.74) is 4.64. The highest BCUT2D eigenvalue weighted by atomic mass is 16.6. The van der Waals surface area contributed by atoms with E-state index in [1.165, 1.54) is 18.5 Å². The molecule has 2 aromatic heterocycles. The summed E-state index contributed by atoms with van der Waals surface area (Å²) >= 11 is 0. The number of benzene rings is 2. The molecule has 0 saturated carbocycles. The first kappa shape index (κ1) is 16.4. The highest BCUT2D eigenvalue weighted by Crippen LogP contribution is 2.32. The van der Waals surface area contributed by atoms with Crippen LogP contribution in [0, 0.1) is 28.4 Å². The van der Waals surface area contributed by atoms with Crippen LogP contribution in [0.3, 0.4) is 0 Å². The number of nitrogens with zero attached hydrogens (tertiary/aromatic N) is 5. The molecule has 0 spiro atoms. The van der Waals surface area contributed by atoms with Gasteiger partial charge in [0.15, 0.2) is 0 Å². The molecule has 130 valence electrons. The predicted octanol–water partition coefficient (Wildman–Crippen LogP) is 4.18. The van der Waals surface area contributed by atoms with Crippen LogP contribution >= 0.6 is 0 Å². The molecular weight excluding hydrogens is 342 g/mol. The van der Waals surface area contributed by atoms with Crippen molar-refractivity contribution < 1.29 is 4.92 Å². The van der Waals surface area contributed by atoms with E-state index in [0.717, 1.165) is 11.3 Å². The van der Waals surface area contributed by atoms with Gasteiger partial charge in [-0.05, 0) is 19.1 Å². The molecule has 0 N–H and O–H groups in total. The zero-order chi connectivity index (χ0) is 19.0. The molecule has 0 aliphatic rings. The monoisotopic (exact) mass is 355 g/mol. The van der Waals surface area contributed by atoms with E-state index in [9.17, 15) is 15.4 Å². The Balaban J connectivity index is 2.04. The van der Waals surface area contributed by atoms with E-state index in [1.807, 2.05) is 35.8 Å². The van der Waals surface area contributed by atoms with E-state index < -0.39 is 4.92 Å². The maximum absolute atomic E-state index is 11.1. The van der Waals surface area contributed by atoms with Crippen LogP contribution in [0.25, 0.3) is 28.0 Å². The van der Waals surface area contributed by atoms with E-state index >= 15 is 0 Å². The molecule has 7 nitrogen and oxygen atoms in total. The van der Waals surface area contributed by atoms with E-state index in [4.69, 9.17) is 0 Å². The van der Waals surface area contributed by atoms with Crippen molar-refractivity contribution in [2.24, 2.45) is 0 Å². The Morgan fingerprint density at radius 3 is 2.63 bits per heavy atom. The molecule has 0 amide bonds. The molecule has 0 aliphatic heterocycles. The molecule has 2 heterocycles. The fourth-order valence-corrected chi connectivity index (χ4v) is 3.03. The largest absolute Gasteiger partial charge is 0.312 e. The summed E-state index contributed by atoms with van der Waals surface area (Å²) in [6.07, 6.45) is 3.09. The van der Waals surface area contributed by atoms with Gasteiger partial charge < -0.3 is 4.57 Å². The second kappa shape index (κ2) is 6.35. The van der Waals surface area contributed by atoms with Crippen molar-refractivity contribution in [3.05, 3.63) is 82.3 Å². The van der Waals surface area contributed by atoms with Gasteiger partial charge in [-0.2, -0.15) is 5.26 Å². The third-order valence-corrected chi connectivity index (χ3v) is 4.34. The molecular formula is C20H13N5O2. The Labute approximate surface area is 154 Å². The topological polar surface area (TPSA) is 97.6 Å². The summed E-state index contributed by atoms with van der Waals surface area (Å²) in [5, 5.41) is 20.6. The van der Waals surface area contributed by atoms with Gasteiger partial charge in [0.25, 0.3) is 5.69 Å². The summed E-state index contributed by atoms with van der Waals surface area (Å²) in [4.78, 5) is 19.3. The number of fused-ring (bicyclic) bond motifs is 1. The second-order valence-corrected chi connectivity index (χ2v) is 6.09. The van der Waals surface area contributed by atoms with Gasteiger partial charge in [0.2, 0.25) is 0 Å². The number of hydrogen-bond donors (Lipinski definition) is 0. The summed E-state index contributed by atoms with van der Waals surface area (Å²) < 4.78 is 1.85. The van der Waals surface area contributed by atoms with Gasteiger partial charge >= 0.3 is 0 Å². The number of rotatable bonds is 3. The van der Waals surface area contributed by atoms with Crippen LogP contribution in [0.15, 0.2) is 61.1 Å². The third-order valence-electron chi connectivity index (χ3n) is 4.34. The normalized spacial score (nSPS) is 10.7. The van der Waals surface area contributed by atoms with Gasteiger partial charge in [-0.3, -0.25) is 10.1 Å². The molecule has 7 heteroatoms. The number of aromatic nitrogens is 3. The number of non-ortho nitro benzene ring substituents is 1. The van der Waals surface area contributed by atoms with Crippen molar-refractivity contribution in [1.82, 2.24) is 14.5 Å². The maximum Gasteiger partial charge on any atom is 0.270 e. The zero-order valence-electron chi connectivity index (χ0n) is 14.3. The number of aryl methyl sites for hydroxylation is 1. The number of hydrogen-bond acceptors (Lipinski definition) is 5. The van der Waals surface area contributed by atoms with Crippen LogP contribution in [-0.4, -0.2) is 19.5 Å². The van der Waals surface area contributed by atoms with Crippen molar-refractivity contribution in [2.45, 2.75) is 6.92 Å². The quantitative estimate of drug-likeness (QED) is 0.406. The lowest BCUT2D eigenvalue weighted by Crippen LogP contribution is -1.97. The number of nitriles is 1. The highest BCUT2D eigenvalue weighted by molar-refractivity contribution is 5.94. The fourth-order valence-electron chi connectivity index (χ4n) is 3.03. The van der Waals surface area contributed by atoms with Gasteiger partial charge in [0.1, 0.15) is 17.9 Å². The lowest BCUT2D eigenvalue weighted by atomic mass is 10.1. The Bertz CT molecular complexity index is 1220. The van der Waals surface area contributed by atoms with Gasteiger partial charge in [0, 0.05) is 29.6 Å². The van der Waals surface area contributed by atoms with Crippen LogP contribution in [0.4, 0.5) is 5.69 Å². The maximum atomic E-state index is 11.1. The van der Waals surface area contributed by atoms with E-state index in [0.29, 0.717) is 27.9 Å². The van der Waals surface area contributed by atoms with Gasteiger partial charge in [-0.15, -0.1) is 0 Å². The summed E-state index contributed by atoms with van der Waals surface area (Å²) in [7, 11) is 0. The Kier molecular flexibility index (Phi) is 3.86. The Morgan fingerprint density at radius 1 is 1.15 bits per heavy atom. The van der Waals surface area contributed by atoms with Crippen LogP contribution in [0.2, 0.25) is 0 Å². The summed E-state index contributed by atoms with van der Waals surface area (Å²) in [6, 6.07) is 16.3. The zero-order valence-corrected chi connectivity index (χ0v) is 14.3. The molecule has 27 heavy (non-hydrogen) atoms. The molecule has 0 radical (unpaired) electrons. The fraction of sp³-hybridized carbons (Fsp3) is 0.0500. The summed E-state index contributed by atoms with van der Waals surface area (Å²) in [6.45, 7) is 2.00. The second-order valence-electron chi connectivity index (χ2n) is 6.09. The van der Waals surface area contributed by atoms with Crippen molar-refractivity contribution in [3.8, 4) is 23.0 Å². The molecule has 4 aromatic rings. The van der Waals surface area contributed by atoms with Crippen LogP contribution < -0.4 is 0 Å². The molecule has 0 unspecified atom stereocenters. The number of nitro groups is 1. The van der Waals surface area contributed by atoms with Crippen molar-refractivity contribution in [3.63, 3.8) is 0 Å². The first-order valence-corrected chi connectivity index (χ1v) is 8.16. The molecule has 0 saturated heterocycles. The van der Waals surface area contributed by atoms with Gasteiger partial charge in [0.05, 0.1) is 21.7 Å². The first-order chi connectivity index (χ1) is 13.1. The van der Waals surface area contributed by atoms with Crippen molar-refractivity contribution in [2.75, 3.05) is 0 Å². The van der Waals surface area contributed by atoms with E-state index in [2.05, 4.69) is 16.0 Å². The lowest BCUT2D eigenvalue weighted by Gasteiger charge is -2.09. The Morgan fingerprint density at radius 2 is 1.93 bits per heavy atom. The minimum Gasteiger partial charge on any atom is -0.312 e. The first-order valence-electron chi connectivity index (χ1n) is 8.16. The minimum absolute atomic E-state index is 0.0202. The predicted molar refractivity (Wildman–Crippen MR) is 100 cm³/mol. The van der Waals surface area contributed by atoms with Gasteiger partial charge in [-0.1, -0.05) is 29.8 Å². The van der Waals surface area contributed by atoms with E-state index in [-0.39, 0.29) is 5.69 Å². The molecule has 0 fully saturated rings. The lowest BCUT2D eigenvalue weighted by molar-refractivity contribution is -0.384. The summed E-state index contributed by atoms with van der Waals surface area (Å²) in [5.74, 6) is 0. The SMILES string of the molecule is Cc1ccc(-n2cc(C#N)c3ncnc(-c4cccc([N+](=O)[O-])c4)c32)cc1. The number of nitro benzene ring substituents is 1. The average molecular weight is 355 g/mol. The smallest absolute Gasteiger partial charge is 0.270 e. The molecule has 2 aromatic carbocycles. The van der Waals surface area contributed by atoms with Crippen LogP contribution in [-0.2, 0) is 0 Å². The van der Waals surface area contributed by atoms with Crippen molar-refractivity contribution in [1.29, 1.82) is 5.26 Å². The van der Waals surface area contributed by atoms with Gasteiger partial charge in [-0.25, -0.2) is 9.97 Å².